The summed E-state index contributed by atoms with van der Waals surface area (Å²) in [6.45, 7) is 0. The summed E-state index contributed by atoms with van der Waals surface area (Å²) in [5.74, 6) is 0. The van der Waals surface area contributed by atoms with Gasteiger partial charge in [0.15, 0.2) is 0 Å². The molecule has 9 heteroatoms. The lowest BCUT2D eigenvalue weighted by Gasteiger charge is -2.12. The van der Waals surface area contributed by atoms with E-state index >= 15 is 0 Å². The molecule has 0 radical (unpaired) electrons. The first kappa shape index (κ1) is 17.1. The quantitative estimate of drug-likeness (QED) is 0.898. The molecule has 0 amide bonds. The first-order valence-electron chi connectivity index (χ1n) is 6.03. The zero-order chi connectivity index (χ0) is 17.3. The largest absolute Gasteiger partial charge is 0.417 e. The van der Waals surface area contributed by atoms with E-state index < -0.39 is 31.7 Å². The van der Waals surface area contributed by atoms with Gasteiger partial charge >= 0.3 is 6.18 Å². The fourth-order valence-electron chi connectivity index (χ4n) is 1.76. The van der Waals surface area contributed by atoms with Crippen LogP contribution in [0.4, 0.5) is 18.9 Å². The van der Waals surface area contributed by atoms with Crippen LogP contribution in [-0.4, -0.2) is 8.42 Å². The molecule has 23 heavy (non-hydrogen) atoms. The summed E-state index contributed by atoms with van der Waals surface area (Å²) in [4.78, 5) is -0.586. The molecule has 0 aliphatic rings. The van der Waals surface area contributed by atoms with Crippen molar-refractivity contribution < 1.29 is 21.6 Å². The highest BCUT2D eigenvalue weighted by molar-refractivity contribution is 7.92. The lowest BCUT2D eigenvalue weighted by atomic mass is 10.2. The Labute approximate surface area is 135 Å². The van der Waals surface area contributed by atoms with Gasteiger partial charge in [-0.1, -0.05) is 17.7 Å². The fourth-order valence-corrected chi connectivity index (χ4v) is 3.06. The highest BCUT2D eigenvalue weighted by atomic mass is 35.5. The lowest BCUT2D eigenvalue weighted by Crippen LogP contribution is -2.15. The van der Waals surface area contributed by atoms with E-state index in [1.54, 1.807) is 0 Å². The zero-order valence-electron chi connectivity index (χ0n) is 11.2. The van der Waals surface area contributed by atoms with Crippen molar-refractivity contribution >= 4 is 27.3 Å². The third kappa shape index (κ3) is 3.94. The first-order valence-corrected chi connectivity index (χ1v) is 7.89. The van der Waals surface area contributed by atoms with Gasteiger partial charge in [0, 0.05) is 0 Å². The summed E-state index contributed by atoms with van der Waals surface area (Å²) in [7, 11) is -4.26. The maximum atomic E-state index is 12.8. The van der Waals surface area contributed by atoms with E-state index in [-0.39, 0.29) is 11.3 Å². The molecule has 1 N–H and O–H groups in total. The molecule has 2 aromatic carbocycles. The van der Waals surface area contributed by atoms with E-state index in [4.69, 9.17) is 16.9 Å². The fraction of sp³-hybridized carbons (Fsp3) is 0.0714. The lowest BCUT2D eigenvalue weighted by molar-refractivity contribution is -0.137. The molecule has 0 unspecified atom stereocenters. The number of sulfonamides is 1. The second-order valence-corrected chi connectivity index (χ2v) is 6.53. The van der Waals surface area contributed by atoms with Gasteiger partial charge in [0.2, 0.25) is 0 Å². The first-order chi connectivity index (χ1) is 10.6. The van der Waals surface area contributed by atoms with Gasteiger partial charge in [-0.3, -0.25) is 4.72 Å². The number of hydrogen-bond acceptors (Lipinski definition) is 3. The Balaban J connectivity index is 2.42. The number of benzene rings is 2. The van der Waals surface area contributed by atoms with E-state index in [0.29, 0.717) is 6.07 Å². The van der Waals surface area contributed by atoms with Crippen molar-refractivity contribution in [3.8, 4) is 6.07 Å². The topological polar surface area (TPSA) is 70.0 Å². The molecule has 0 aliphatic carbocycles. The second-order valence-electron chi connectivity index (χ2n) is 4.44. The van der Waals surface area contributed by atoms with Gasteiger partial charge in [-0.2, -0.15) is 18.4 Å². The highest BCUT2D eigenvalue weighted by Crippen LogP contribution is 2.36. The molecule has 0 fully saturated rings. The third-order valence-electron chi connectivity index (χ3n) is 2.80. The summed E-state index contributed by atoms with van der Waals surface area (Å²) >= 11 is 5.46. The molecule has 0 spiro atoms. The Kier molecular flexibility index (Phi) is 4.54. The van der Waals surface area contributed by atoms with Crippen molar-refractivity contribution in [3.05, 3.63) is 58.6 Å². The van der Waals surface area contributed by atoms with Crippen molar-refractivity contribution in [2.24, 2.45) is 0 Å². The molecule has 2 aromatic rings. The van der Waals surface area contributed by atoms with Crippen molar-refractivity contribution in [1.82, 2.24) is 0 Å². The molecule has 0 saturated heterocycles. The average molecular weight is 361 g/mol. The number of nitriles is 1. The molecule has 0 heterocycles. The van der Waals surface area contributed by atoms with Gasteiger partial charge in [-0.05, 0) is 36.4 Å². The Hall–Kier alpha value is -2.24. The van der Waals surface area contributed by atoms with Crippen molar-refractivity contribution in [2.45, 2.75) is 11.1 Å². The number of alkyl halides is 3. The molecule has 0 atom stereocenters. The molecule has 0 bridgehead atoms. The molecular formula is C14H8ClF3N2O2S. The predicted octanol–water partition coefficient (Wildman–Crippen LogP) is 4.03. The van der Waals surface area contributed by atoms with Crippen LogP contribution in [0.5, 0.6) is 0 Å². The standard InChI is InChI=1S/C14H8ClF3N2O2S/c15-13-5-4-11(7-12(13)14(16,17)18)23(21,22)20-10-3-1-2-9(6-10)8-19/h1-7,20H. The third-order valence-corrected chi connectivity index (χ3v) is 4.51. The Morgan fingerprint density at radius 3 is 2.43 bits per heavy atom. The molecular weight excluding hydrogens is 353 g/mol. The Morgan fingerprint density at radius 2 is 1.83 bits per heavy atom. The maximum Gasteiger partial charge on any atom is 0.417 e. The second kappa shape index (κ2) is 6.10. The van der Waals surface area contributed by atoms with Crippen LogP contribution in [0.1, 0.15) is 11.1 Å². The van der Waals surface area contributed by atoms with Crippen molar-refractivity contribution in [3.63, 3.8) is 0 Å². The maximum absolute atomic E-state index is 12.8. The van der Waals surface area contributed by atoms with Crippen LogP contribution < -0.4 is 4.72 Å². The summed E-state index contributed by atoms with van der Waals surface area (Å²) in [5.41, 5.74) is -0.974. The summed E-state index contributed by atoms with van der Waals surface area (Å²) in [6.07, 6.45) is -4.77. The van der Waals surface area contributed by atoms with Gasteiger partial charge < -0.3 is 0 Å². The van der Waals surface area contributed by atoms with E-state index in [1.807, 2.05) is 6.07 Å². The van der Waals surface area contributed by atoms with Gasteiger partial charge in [0.1, 0.15) is 0 Å². The molecule has 0 aromatic heterocycles. The van der Waals surface area contributed by atoms with E-state index in [1.165, 1.54) is 24.3 Å². The zero-order valence-corrected chi connectivity index (χ0v) is 12.8. The monoisotopic (exact) mass is 360 g/mol. The molecule has 4 nitrogen and oxygen atoms in total. The van der Waals surface area contributed by atoms with Gasteiger partial charge in [-0.15, -0.1) is 0 Å². The minimum absolute atomic E-state index is 0.0626. The smallest absolute Gasteiger partial charge is 0.280 e. The van der Waals surface area contributed by atoms with Crippen molar-refractivity contribution in [1.29, 1.82) is 5.26 Å². The van der Waals surface area contributed by atoms with Crippen LogP contribution >= 0.6 is 11.6 Å². The van der Waals surface area contributed by atoms with Gasteiger partial charge in [0.05, 0.1) is 32.8 Å². The number of nitrogens with one attached hydrogen (secondary N) is 1. The minimum atomic E-state index is -4.77. The van der Waals surface area contributed by atoms with Crippen molar-refractivity contribution in [2.75, 3.05) is 4.72 Å². The summed E-state index contributed by atoms with van der Waals surface area (Å²) in [5, 5.41) is 8.17. The van der Waals surface area contributed by atoms with Crippen LogP contribution in [0.3, 0.4) is 0 Å². The number of rotatable bonds is 3. The normalized spacial score (nSPS) is 11.8. The highest BCUT2D eigenvalue weighted by Gasteiger charge is 2.34. The molecule has 120 valence electrons. The van der Waals surface area contributed by atoms with E-state index in [2.05, 4.69) is 4.72 Å². The average Bonchev–Trinajstić information content (AvgIpc) is 2.46. The van der Waals surface area contributed by atoms with Crippen LogP contribution in [0.25, 0.3) is 0 Å². The van der Waals surface area contributed by atoms with Crippen LogP contribution in [0, 0.1) is 11.3 Å². The Bertz CT molecular complexity index is 890. The predicted molar refractivity (Wildman–Crippen MR) is 78.4 cm³/mol. The minimum Gasteiger partial charge on any atom is -0.280 e. The van der Waals surface area contributed by atoms with Crippen LogP contribution in [-0.2, 0) is 16.2 Å². The number of halogens is 4. The van der Waals surface area contributed by atoms with E-state index in [0.717, 1.165) is 12.1 Å². The Morgan fingerprint density at radius 1 is 1.13 bits per heavy atom. The number of nitrogens with zero attached hydrogens (tertiary/aromatic N) is 1. The molecule has 0 aliphatic heterocycles. The SMILES string of the molecule is N#Cc1cccc(NS(=O)(=O)c2ccc(Cl)c(C(F)(F)F)c2)c1. The van der Waals surface area contributed by atoms with Gasteiger partial charge in [-0.25, -0.2) is 8.42 Å². The van der Waals surface area contributed by atoms with Crippen LogP contribution in [0.15, 0.2) is 47.4 Å². The number of hydrogen-bond donors (Lipinski definition) is 1. The van der Waals surface area contributed by atoms with E-state index in [9.17, 15) is 21.6 Å². The number of anilines is 1. The van der Waals surface area contributed by atoms with Crippen LogP contribution in [0.2, 0.25) is 5.02 Å². The summed E-state index contributed by atoms with van der Waals surface area (Å²) in [6, 6.07) is 9.66. The molecule has 0 saturated carbocycles. The summed E-state index contributed by atoms with van der Waals surface area (Å²) < 4.78 is 64.9. The van der Waals surface area contributed by atoms with Gasteiger partial charge in [0.25, 0.3) is 10.0 Å². The molecule has 2 rings (SSSR count).